The lowest BCUT2D eigenvalue weighted by molar-refractivity contribution is -0.139. The van der Waals surface area contributed by atoms with E-state index in [2.05, 4.69) is 11.2 Å². The highest BCUT2D eigenvalue weighted by Crippen LogP contribution is 2.39. The van der Waals surface area contributed by atoms with E-state index in [1.165, 1.54) is 24.3 Å². The molecule has 2 aromatic carbocycles. The van der Waals surface area contributed by atoms with E-state index >= 15 is 4.39 Å². The summed E-state index contributed by atoms with van der Waals surface area (Å²) in [6.07, 6.45) is 1.98. The molecule has 1 saturated heterocycles. The van der Waals surface area contributed by atoms with E-state index in [4.69, 9.17) is 6.42 Å². The summed E-state index contributed by atoms with van der Waals surface area (Å²) < 4.78 is 73.6. The number of amides is 1. The SMILES string of the molecule is C#Cc1cc(-c2c(C)cc(F)cc2C)cc([C@@H](CC(=O)O)NC(=O)[C@H](CC(C)C)n2cc(C3CCN(C)CC3)c(C(F)(F)F)cc2=O)c1F. The van der Waals surface area contributed by atoms with Crippen molar-refractivity contribution in [3.8, 4) is 23.5 Å². The fraction of sp³-hybridized carbons (Fsp3) is 0.432. The molecule has 1 aliphatic rings. The lowest BCUT2D eigenvalue weighted by atomic mass is 9.87. The van der Waals surface area contributed by atoms with E-state index in [1.807, 2.05) is 11.9 Å². The van der Waals surface area contributed by atoms with E-state index in [1.54, 1.807) is 27.7 Å². The molecule has 1 amide bonds. The predicted octanol–water partition coefficient (Wildman–Crippen LogP) is 7.14. The molecule has 2 atom stereocenters. The van der Waals surface area contributed by atoms with E-state index in [-0.39, 0.29) is 29.0 Å². The van der Waals surface area contributed by atoms with Gasteiger partial charge in [0.05, 0.1) is 23.6 Å². The van der Waals surface area contributed by atoms with Gasteiger partial charge in [-0.3, -0.25) is 14.4 Å². The molecule has 0 bridgehead atoms. The van der Waals surface area contributed by atoms with Crippen molar-refractivity contribution < 1.29 is 36.6 Å². The van der Waals surface area contributed by atoms with Gasteiger partial charge >= 0.3 is 12.1 Å². The Labute approximate surface area is 282 Å². The third kappa shape index (κ3) is 8.57. The molecule has 7 nitrogen and oxygen atoms in total. The fourth-order valence-corrected chi connectivity index (χ4v) is 6.69. The number of aryl methyl sites for hydroxylation is 2. The second kappa shape index (κ2) is 14.9. The molecule has 1 aromatic heterocycles. The number of benzene rings is 2. The van der Waals surface area contributed by atoms with Gasteiger partial charge in [-0.1, -0.05) is 19.8 Å². The van der Waals surface area contributed by atoms with Crippen molar-refractivity contribution in [2.24, 2.45) is 5.92 Å². The number of carboxylic acid groups (broad SMARTS) is 1. The van der Waals surface area contributed by atoms with E-state index < -0.39 is 65.2 Å². The van der Waals surface area contributed by atoms with Gasteiger partial charge in [-0.15, -0.1) is 6.42 Å². The van der Waals surface area contributed by atoms with Crippen LogP contribution in [0.5, 0.6) is 0 Å². The van der Waals surface area contributed by atoms with Crippen molar-refractivity contribution in [1.82, 2.24) is 14.8 Å². The molecule has 0 spiro atoms. The first-order valence-corrected chi connectivity index (χ1v) is 16.0. The number of carbonyl (C=O) groups is 2. The number of alkyl halides is 3. The number of carbonyl (C=O) groups excluding carboxylic acids is 1. The zero-order chi connectivity index (χ0) is 36.4. The lowest BCUT2D eigenvalue weighted by Gasteiger charge is -2.32. The minimum absolute atomic E-state index is 0.00976. The van der Waals surface area contributed by atoms with Gasteiger partial charge in [0.2, 0.25) is 5.91 Å². The molecule has 2 heterocycles. The summed E-state index contributed by atoms with van der Waals surface area (Å²) in [7, 11) is 1.87. The van der Waals surface area contributed by atoms with Crippen LogP contribution in [0.2, 0.25) is 0 Å². The zero-order valence-corrected chi connectivity index (χ0v) is 28.0. The van der Waals surface area contributed by atoms with Crippen LogP contribution < -0.4 is 10.9 Å². The van der Waals surface area contributed by atoms with Gasteiger partial charge in [0, 0.05) is 17.8 Å². The average molecular weight is 686 g/mol. The van der Waals surface area contributed by atoms with Crippen LogP contribution in [0.1, 0.15) is 90.9 Å². The average Bonchev–Trinajstić information content (AvgIpc) is 2.99. The Hall–Kier alpha value is -4.50. The summed E-state index contributed by atoms with van der Waals surface area (Å²) in [5.74, 6) is -2.19. The molecule has 0 radical (unpaired) electrons. The first kappa shape index (κ1) is 37.3. The second-order valence-electron chi connectivity index (χ2n) is 13.3. The third-order valence-corrected chi connectivity index (χ3v) is 9.02. The molecule has 49 heavy (non-hydrogen) atoms. The van der Waals surface area contributed by atoms with E-state index in [0.29, 0.717) is 54.3 Å². The highest BCUT2D eigenvalue weighted by molar-refractivity contribution is 5.82. The van der Waals surface area contributed by atoms with Crippen LogP contribution in [0, 0.1) is 43.7 Å². The van der Waals surface area contributed by atoms with Crippen LogP contribution in [0.4, 0.5) is 22.0 Å². The number of piperidine rings is 1. The summed E-state index contributed by atoms with van der Waals surface area (Å²) in [5, 5.41) is 12.4. The van der Waals surface area contributed by atoms with Crippen molar-refractivity contribution in [2.75, 3.05) is 20.1 Å². The highest BCUT2D eigenvalue weighted by atomic mass is 19.4. The number of pyridine rings is 1. The first-order valence-electron chi connectivity index (χ1n) is 16.0. The minimum Gasteiger partial charge on any atom is -0.481 e. The summed E-state index contributed by atoms with van der Waals surface area (Å²) in [6.45, 7) is 7.93. The number of likely N-dealkylation sites (tertiary alicyclic amines) is 1. The molecule has 2 N–H and O–H groups in total. The molecule has 1 aliphatic heterocycles. The third-order valence-electron chi connectivity index (χ3n) is 9.02. The molecule has 262 valence electrons. The number of hydrogen-bond donors (Lipinski definition) is 2. The van der Waals surface area contributed by atoms with Crippen LogP contribution in [0.25, 0.3) is 11.1 Å². The maximum absolute atomic E-state index is 15.9. The minimum atomic E-state index is -4.81. The van der Waals surface area contributed by atoms with E-state index in [0.717, 1.165) is 10.8 Å². The van der Waals surface area contributed by atoms with Gasteiger partial charge in [-0.2, -0.15) is 13.2 Å². The van der Waals surface area contributed by atoms with Gasteiger partial charge in [0.1, 0.15) is 17.7 Å². The van der Waals surface area contributed by atoms with Gasteiger partial charge in [0.15, 0.2) is 0 Å². The molecular weight excluding hydrogens is 645 g/mol. The zero-order valence-electron chi connectivity index (χ0n) is 28.0. The van der Waals surface area contributed by atoms with Gasteiger partial charge in [0.25, 0.3) is 5.56 Å². The normalized spacial score (nSPS) is 15.6. The smallest absolute Gasteiger partial charge is 0.416 e. The largest absolute Gasteiger partial charge is 0.481 e. The Morgan fingerprint density at radius 3 is 2.20 bits per heavy atom. The molecule has 4 rings (SSSR count). The summed E-state index contributed by atoms with van der Waals surface area (Å²) >= 11 is 0. The van der Waals surface area contributed by atoms with E-state index in [9.17, 15) is 37.1 Å². The van der Waals surface area contributed by atoms with Crippen LogP contribution in [0.3, 0.4) is 0 Å². The van der Waals surface area contributed by atoms with Crippen molar-refractivity contribution in [3.05, 3.63) is 91.9 Å². The lowest BCUT2D eigenvalue weighted by Crippen LogP contribution is -2.41. The Balaban J connectivity index is 1.84. The number of terminal acetylenes is 1. The number of rotatable bonds is 10. The molecule has 0 unspecified atom stereocenters. The Bertz CT molecular complexity index is 1810. The maximum Gasteiger partial charge on any atom is 0.416 e. The van der Waals surface area contributed by atoms with Crippen molar-refractivity contribution >= 4 is 11.9 Å². The van der Waals surface area contributed by atoms with Crippen molar-refractivity contribution in [2.45, 2.75) is 77.6 Å². The number of aromatic nitrogens is 1. The van der Waals surface area contributed by atoms with Crippen LogP contribution in [0.15, 0.2) is 41.3 Å². The molecular formula is C37H40F5N3O4. The number of carboxylic acids is 1. The van der Waals surface area contributed by atoms with Crippen molar-refractivity contribution in [3.63, 3.8) is 0 Å². The molecule has 1 fully saturated rings. The Morgan fingerprint density at radius 2 is 1.67 bits per heavy atom. The van der Waals surface area contributed by atoms with Crippen molar-refractivity contribution in [1.29, 1.82) is 0 Å². The summed E-state index contributed by atoms with van der Waals surface area (Å²) in [5.41, 5.74) is -0.745. The highest BCUT2D eigenvalue weighted by Gasteiger charge is 2.38. The quantitative estimate of drug-likeness (QED) is 0.175. The maximum atomic E-state index is 15.9. The first-order chi connectivity index (χ1) is 22.9. The molecule has 3 aromatic rings. The Morgan fingerprint density at radius 1 is 1.06 bits per heavy atom. The molecule has 0 aliphatic carbocycles. The molecule has 12 heteroatoms. The number of halogens is 5. The standard InChI is InChI=1S/C37H40F5N3O4/c1-7-23-15-25(34-21(4)13-26(38)14-22(34)5)16-27(35(23)39)30(18-33(47)48)43-36(49)31(12-20(2)3)45-19-28(24-8-10-44(6)11-9-24)29(17-32(45)46)37(40,41)42/h1,13-17,19-20,24,30-31H,8-12,18H2,2-6H3,(H,43,49)(H,47,48)/t30-,31+/m1/s1. The number of nitrogens with zero attached hydrogens (tertiary/aromatic N) is 2. The Kier molecular flexibility index (Phi) is 11.4. The summed E-state index contributed by atoms with van der Waals surface area (Å²) in [6, 6.07) is 2.96. The van der Waals surface area contributed by atoms with Gasteiger partial charge < -0.3 is 19.9 Å². The molecule has 0 saturated carbocycles. The summed E-state index contributed by atoms with van der Waals surface area (Å²) in [4.78, 5) is 41.5. The van der Waals surface area contributed by atoms with Gasteiger partial charge in [-0.25, -0.2) is 8.78 Å². The monoisotopic (exact) mass is 685 g/mol. The van der Waals surface area contributed by atoms with Crippen LogP contribution in [-0.2, 0) is 15.8 Å². The van der Waals surface area contributed by atoms with Crippen LogP contribution in [-0.4, -0.2) is 46.6 Å². The topological polar surface area (TPSA) is 91.6 Å². The second-order valence-corrected chi connectivity index (χ2v) is 13.3. The fourth-order valence-electron chi connectivity index (χ4n) is 6.69. The number of nitrogens with one attached hydrogen (secondary N) is 1. The van der Waals surface area contributed by atoms with Crippen LogP contribution >= 0.6 is 0 Å². The predicted molar refractivity (Wildman–Crippen MR) is 176 cm³/mol. The van der Waals surface area contributed by atoms with Gasteiger partial charge in [-0.05, 0) is 117 Å². The number of hydrogen-bond acceptors (Lipinski definition) is 4. The number of aliphatic carboxylic acids is 1.